The second-order valence-corrected chi connectivity index (χ2v) is 4.28. The van der Waals surface area contributed by atoms with Crippen molar-refractivity contribution in [2.75, 3.05) is 11.6 Å². The first-order valence-electron chi connectivity index (χ1n) is 5.09. The summed E-state index contributed by atoms with van der Waals surface area (Å²) in [4.78, 5) is 5.36. The minimum Gasteiger partial charge on any atom is -0.340 e. The Labute approximate surface area is 105 Å². The van der Waals surface area contributed by atoms with E-state index in [1.54, 1.807) is 30.1 Å². The predicted molar refractivity (Wildman–Crippen MR) is 70.5 cm³/mol. The van der Waals surface area contributed by atoms with E-state index in [4.69, 9.17) is 5.26 Å². The van der Waals surface area contributed by atoms with Crippen molar-refractivity contribution in [3.05, 3.63) is 48.2 Å². The average Bonchev–Trinajstić information content (AvgIpc) is 2.39. The molecule has 0 amide bonds. The van der Waals surface area contributed by atoms with Crippen molar-refractivity contribution in [1.82, 2.24) is 4.98 Å². The molecule has 84 valence electrons. The van der Waals surface area contributed by atoms with E-state index < -0.39 is 0 Å². The number of anilines is 2. The zero-order chi connectivity index (χ0) is 12.1. The third-order valence-corrected chi connectivity index (χ3v) is 2.96. The van der Waals surface area contributed by atoms with Gasteiger partial charge in [0.25, 0.3) is 0 Å². The van der Waals surface area contributed by atoms with Crippen LogP contribution >= 0.6 is 11.8 Å². The van der Waals surface area contributed by atoms with Gasteiger partial charge in [0, 0.05) is 16.8 Å². The van der Waals surface area contributed by atoms with Crippen LogP contribution < -0.4 is 5.32 Å². The minimum absolute atomic E-state index is 0.600. The summed E-state index contributed by atoms with van der Waals surface area (Å²) in [5.41, 5.74) is 1.57. The van der Waals surface area contributed by atoms with Crippen LogP contribution in [0.4, 0.5) is 11.5 Å². The highest BCUT2D eigenvalue weighted by atomic mass is 32.2. The summed E-state index contributed by atoms with van der Waals surface area (Å²) in [6.07, 6.45) is 3.66. The topological polar surface area (TPSA) is 48.7 Å². The maximum absolute atomic E-state index is 8.80. The van der Waals surface area contributed by atoms with Crippen molar-refractivity contribution in [2.45, 2.75) is 4.90 Å². The van der Waals surface area contributed by atoms with Gasteiger partial charge in [-0.1, -0.05) is 6.07 Å². The summed E-state index contributed by atoms with van der Waals surface area (Å²) in [7, 11) is 0. The molecule has 0 saturated carbocycles. The third kappa shape index (κ3) is 2.99. The quantitative estimate of drug-likeness (QED) is 0.836. The molecule has 0 aliphatic heterocycles. The standard InChI is InChI=1S/C13H11N3S/c1-17-12-4-2-3-11(8-12)16-13-7-10(9-14)5-6-15-13/h2-8H,1H3,(H,15,16). The lowest BCUT2D eigenvalue weighted by atomic mass is 10.2. The molecule has 0 radical (unpaired) electrons. The zero-order valence-corrected chi connectivity index (χ0v) is 10.2. The molecule has 0 aliphatic carbocycles. The molecule has 0 unspecified atom stereocenters. The van der Waals surface area contributed by atoms with E-state index in [0.717, 1.165) is 5.69 Å². The lowest BCUT2D eigenvalue weighted by Gasteiger charge is -2.06. The van der Waals surface area contributed by atoms with E-state index in [2.05, 4.69) is 22.4 Å². The van der Waals surface area contributed by atoms with E-state index in [-0.39, 0.29) is 0 Å². The van der Waals surface area contributed by atoms with E-state index in [1.807, 2.05) is 24.5 Å². The molecule has 1 N–H and O–H groups in total. The molecule has 0 aliphatic rings. The highest BCUT2D eigenvalue weighted by Crippen LogP contribution is 2.21. The first-order valence-corrected chi connectivity index (χ1v) is 6.31. The summed E-state index contributed by atoms with van der Waals surface area (Å²) in [5.74, 6) is 0.683. The first-order chi connectivity index (χ1) is 8.31. The number of hydrogen-bond acceptors (Lipinski definition) is 4. The van der Waals surface area contributed by atoms with Crippen LogP contribution in [0.3, 0.4) is 0 Å². The number of nitriles is 1. The largest absolute Gasteiger partial charge is 0.340 e. The summed E-state index contributed by atoms with van der Waals surface area (Å²) in [6.45, 7) is 0. The second kappa shape index (κ2) is 5.37. The maximum Gasteiger partial charge on any atom is 0.131 e. The number of nitrogens with zero attached hydrogens (tertiary/aromatic N) is 2. The molecule has 0 fully saturated rings. The molecular formula is C13H11N3S. The molecule has 3 nitrogen and oxygen atoms in total. The van der Waals surface area contributed by atoms with E-state index in [9.17, 15) is 0 Å². The number of pyridine rings is 1. The van der Waals surface area contributed by atoms with E-state index in [1.165, 1.54) is 4.90 Å². The molecule has 0 spiro atoms. The number of rotatable bonds is 3. The Morgan fingerprint density at radius 1 is 1.29 bits per heavy atom. The summed E-state index contributed by atoms with van der Waals surface area (Å²) < 4.78 is 0. The zero-order valence-electron chi connectivity index (χ0n) is 9.34. The van der Waals surface area contributed by atoms with E-state index >= 15 is 0 Å². The smallest absolute Gasteiger partial charge is 0.131 e. The van der Waals surface area contributed by atoms with Crippen LogP contribution in [0.1, 0.15) is 5.56 Å². The summed E-state index contributed by atoms with van der Waals surface area (Å²) in [6, 6.07) is 13.6. The average molecular weight is 241 g/mol. The minimum atomic E-state index is 0.600. The van der Waals surface area contributed by atoms with Gasteiger partial charge in [-0.05, 0) is 36.6 Å². The van der Waals surface area contributed by atoms with Crippen molar-refractivity contribution < 1.29 is 0 Å². The molecule has 4 heteroatoms. The highest BCUT2D eigenvalue weighted by molar-refractivity contribution is 7.98. The SMILES string of the molecule is CSc1cccc(Nc2cc(C#N)ccn2)c1. The van der Waals surface area contributed by atoms with Gasteiger partial charge < -0.3 is 5.32 Å². The molecule has 0 bridgehead atoms. The maximum atomic E-state index is 8.80. The van der Waals surface area contributed by atoms with Gasteiger partial charge in [-0.25, -0.2) is 4.98 Å². The van der Waals surface area contributed by atoms with Crippen molar-refractivity contribution in [2.24, 2.45) is 0 Å². The van der Waals surface area contributed by atoms with Crippen LogP contribution in [-0.2, 0) is 0 Å². The Hall–Kier alpha value is -1.99. The number of nitrogens with one attached hydrogen (secondary N) is 1. The molecular weight excluding hydrogens is 230 g/mol. The number of aromatic nitrogens is 1. The molecule has 2 aromatic rings. The third-order valence-electron chi connectivity index (χ3n) is 2.23. The molecule has 1 heterocycles. The fraction of sp³-hybridized carbons (Fsp3) is 0.0769. The second-order valence-electron chi connectivity index (χ2n) is 3.40. The van der Waals surface area contributed by atoms with Gasteiger partial charge >= 0.3 is 0 Å². The van der Waals surface area contributed by atoms with E-state index in [0.29, 0.717) is 11.4 Å². The fourth-order valence-electron chi connectivity index (χ4n) is 1.42. The van der Waals surface area contributed by atoms with Crippen LogP contribution in [0.5, 0.6) is 0 Å². The van der Waals surface area contributed by atoms with Gasteiger partial charge in [0.1, 0.15) is 5.82 Å². The Morgan fingerprint density at radius 3 is 2.94 bits per heavy atom. The summed E-state index contributed by atoms with van der Waals surface area (Å²) in [5, 5.41) is 12.0. The van der Waals surface area contributed by atoms with Crippen LogP contribution in [0.25, 0.3) is 0 Å². The molecule has 0 saturated heterocycles. The van der Waals surface area contributed by atoms with Gasteiger partial charge in [-0.15, -0.1) is 11.8 Å². The lowest BCUT2D eigenvalue weighted by Crippen LogP contribution is -1.93. The normalized spacial score (nSPS) is 9.65. The van der Waals surface area contributed by atoms with Crippen LogP contribution in [0, 0.1) is 11.3 Å². The number of hydrogen-bond donors (Lipinski definition) is 1. The van der Waals surface area contributed by atoms with Gasteiger partial charge in [0.15, 0.2) is 0 Å². The van der Waals surface area contributed by atoms with Crippen molar-refractivity contribution in [3.8, 4) is 6.07 Å². The van der Waals surface area contributed by atoms with Crippen molar-refractivity contribution >= 4 is 23.3 Å². The Bertz CT molecular complexity index is 561. The summed E-state index contributed by atoms with van der Waals surface area (Å²) >= 11 is 1.69. The van der Waals surface area contributed by atoms with Gasteiger partial charge in [0.2, 0.25) is 0 Å². The predicted octanol–water partition coefficient (Wildman–Crippen LogP) is 3.42. The van der Waals surface area contributed by atoms with Gasteiger partial charge in [0.05, 0.1) is 11.6 Å². The van der Waals surface area contributed by atoms with Crippen LogP contribution in [0.2, 0.25) is 0 Å². The number of benzene rings is 1. The lowest BCUT2D eigenvalue weighted by molar-refractivity contribution is 1.29. The monoisotopic (exact) mass is 241 g/mol. The molecule has 1 aromatic heterocycles. The molecule has 1 aromatic carbocycles. The Kier molecular flexibility index (Phi) is 3.63. The van der Waals surface area contributed by atoms with Crippen LogP contribution in [-0.4, -0.2) is 11.2 Å². The Morgan fingerprint density at radius 2 is 2.18 bits per heavy atom. The van der Waals surface area contributed by atoms with Gasteiger partial charge in [-0.2, -0.15) is 5.26 Å². The van der Waals surface area contributed by atoms with Crippen molar-refractivity contribution in [3.63, 3.8) is 0 Å². The van der Waals surface area contributed by atoms with Crippen molar-refractivity contribution in [1.29, 1.82) is 5.26 Å². The number of thioether (sulfide) groups is 1. The van der Waals surface area contributed by atoms with Crippen LogP contribution in [0.15, 0.2) is 47.5 Å². The van der Waals surface area contributed by atoms with Gasteiger partial charge in [-0.3, -0.25) is 0 Å². The highest BCUT2D eigenvalue weighted by Gasteiger charge is 1.98. The Balaban J connectivity index is 2.22. The first kappa shape index (κ1) is 11.5. The fourth-order valence-corrected chi connectivity index (χ4v) is 1.88. The molecule has 17 heavy (non-hydrogen) atoms. The molecule has 2 rings (SSSR count). The molecule has 0 atom stereocenters.